The number of anilines is 1. The number of ether oxygens (including phenoxy) is 4. The molecule has 8 atom stereocenters. The Hall–Kier alpha value is -2.85. The van der Waals surface area contributed by atoms with Gasteiger partial charge in [0.2, 0.25) is 18.0 Å². The molecule has 2 bridgehead atoms. The van der Waals surface area contributed by atoms with Crippen molar-refractivity contribution in [2.75, 3.05) is 38.2 Å². The van der Waals surface area contributed by atoms with E-state index in [1.807, 2.05) is 54.3 Å². The molecule has 1 spiro atoms. The molecule has 2 aromatic carbocycles. The topological polar surface area (TPSA) is 78.9 Å². The molecule has 6 aliphatic rings. The molecule has 8 rings (SSSR count). The summed E-state index contributed by atoms with van der Waals surface area (Å²) in [6, 6.07) is 15.9. The van der Waals surface area contributed by atoms with E-state index < -0.39 is 24.0 Å². The van der Waals surface area contributed by atoms with Crippen molar-refractivity contribution in [1.82, 2.24) is 4.90 Å². The Kier molecular flexibility index (Phi) is 7.56. The first-order valence-corrected chi connectivity index (χ1v) is 15.9. The lowest BCUT2D eigenvalue weighted by molar-refractivity contribution is -0.575. The number of para-hydroxylation sites is 2. The summed E-state index contributed by atoms with van der Waals surface area (Å²) in [6.07, 6.45) is 3.33. The standard InChI is InChI=1S/C34H44N2O7/c1-22-9-14-27-23(2)31(40-32-34(27)26(22)15-16-33(3,41-32)42-43-34)39-25-12-10-24(11-13-25)21-30(37)36-19-17-35(18-20-36)28-7-5-6-8-29(28)38-4/h5-8,10-13,22-23,26-27,31-32H,9,14-21H2,1-4H3/t22-,23-,26+,27+,31+,32-,33-,34-/m1/s1. The molecular weight excluding hydrogens is 548 g/mol. The van der Waals surface area contributed by atoms with E-state index in [0.717, 1.165) is 61.5 Å². The first kappa shape index (κ1) is 28.9. The zero-order valence-electron chi connectivity index (χ0n) is 25.7. The van der Waals surface area contributed by atoms with Crippen molar-refractivity contribution < 1.29 is 33.5 Å². The van der Waals surface area contributed by atoms with Crippen LogP contribution in [0.5, 0.6) is 11.5 Å². The molecule has 5 heterocycles. The molecule has 0 radical (unpaired) electrons. The van der Waals surface area contributed by atoms with Crippen molar-refractivity contribution in [3.63, 3.8) is 0 Å². The summed E-state index contributed by atoms with van der Waals surface area (Å²) in [6.45, 7) is 9.38. The highest BCUT2D eigenvalue weighted by atomic mass is 17.3. The molecule has 6 fully saturated rings. The van der Waals surface area contributed by atoms with Crippen molar-refractivity contribution in [3.05, 3.63) is 54.1 Å². The van der Waals surface area contributed by atoms with Gasteiger partial charge in [-0.1, -0.05) is 38.1 Å². The largest absolute Gasteiger partial charge is 0.495 e. The zero-order chi connectivity index (χ0) is 29.8. The molecule has 5 aliphatic heterocycles. The maximum atomic E-state index is 13.1. The Morgan fingerprint density at radius 3 is 2.49 bits per heavy atom. The van der Waals surface area contributed by atoms with Crippen LogP contribution in [0.3, 0.4) is 0 Å². The molecule has 1 amide bonds. The lowest BCUT2D eigenvalue weighted by Gasteiger charge is -2.60. The summed E-state index contributed by atoms with van der Waals surface area (Å²) in [5, 5.41) is 0. The highest BCUT2D eigenvalue weighted by Crippen LogP contribution is 2.60. The number of fused-ring (bicyclic) bond motifs is 2. The van der Waals surface area contributed by atoms with Crippen LogP contribution < -0.4 is 14.4 Å². The van der Waals surface area contributed by atoms with Crippen LogP contribution in [-0.4, -0.2) is 68.1 Å². The minimum absolute atomic E-state index is 0.0941. The summed E-state index contributed by atoms with van der Waals surface area (Å²) in [5.74, 6) is 2.06. The van der Waals surface area contributed by atoms with Crippen LogP contribution in [0.2, 0.25) is 0 Å². The van der Waals surface area contributed by atoms with Crippen LogP contribution in [0.1, 0.15) is 52.0 Å². The molecule has 1 saturated carbocycles. The molecule has 5 saturated heterocycles. The zero-order valence-corrected chi connectivity index (χ0v) is 25.7. The Morgan fingerprint density at radius 1 is 0.953 bits per heavy atom. The van der Waals surface area contributed by atoms with E-state index in [4.69, 9.17) is 28.7 Å². The molecule has 2 aromatic rings. The van der Waals surface area contributed by atoms with E-state index in [0.29, 0.717) is 31.3 Å². The van der Waals surface area contributed by atoms with Crippen LogP contribution in [0.25, 0.3) is 0 Å². The number of nitrogens with zero attached hydrogens (tertiary/aromatic N) is 2. The Morgan fingerprint density at radius 2 is 1.72 bits per heavy atom. The van der Waals surface area contributed by atoms with Gasteiger partial charge in [0.1, 0.15) is 11.5 Å². The van der Waals surface area contributed by atoms with Gasteiger partial charge in [-0.05, 0) is 67.9 Å². The number of hydrogen-bond donors (Lipinski definition) is 0. The van der Waals surface area contributed by atoms with E-state index in [9.17, 15) is 4.79 Å². The van der Waals surface area contributed by atoms with Crippen molar-refractivity contribution >= 4 is 11.6 Å². The fraction of sp³-hybridized carbons (Fsp3) is 0.618. The third-order valence-electron chi connectivity index (χ3n) is 10.7. The van der Waals surface area contributed by atoms with E-state index >= 15 is 0 Å². The van der Waals surface area contributed by atoms with Crippen LogP contribution in [0, 0.1) is 23.7 Å². The summed E-state index contributed by atoms with van der Waals surface area (Å²) < 4.78 is 25.0. The van der Waals surface area contributed by atoms with Gasteiger partial charge in [0.25, 0.3) is 0 Å². The second kappa shape index (κ2) is 11.3. The van der Waals surface area contributed by atoms with Gasteiger partial charge in [-0.15, -0.1) is 0 Å². The van der Waals surface area contributed by atoms with E-state index in [2.05, 4.69) is 24.8 Å². The van der Waals surface area contributed by atoms with Gasteiger partial charge in [-0.2, -0.15) is 0 Å². The highest BCUT2D eigenvalue weighted by molar-refractivity contribution is 5.79. The third-order valence-corrected chi connectivity index (χ3v) is 10.7. The molecular formula is C34H44N2O7. The number of piperazine rings is 1. The predicted octanol–water partition coefficient (Wildman–Crippen LogP) is 5.17. The van der Waals surface area contributed by atoms with Gasteiger partial charge in [-0.25, -0.2) is 9.78 Å². The quantitative estimate of drug-likeness (QED) is 0.425. The number of carbonyl (C=O) groups excluding carboxylic acids is 1. The number of carbonyl (C=O) groups is 1. The van der Waals surface area contributed by atoms with Gasteiger partial charge < -0.3 is 28.7 Å². The van der Waals surface area contributed by atoms with E-state index in [-0.39, 0.29) is 17.7 Å². The highest BCUT2D eigenvalue weighted by Gasteiger charge is 2.69. The molecule has 0 aromatic heterocycles. The van der Waals surface area contributed by atoms with Gasteiger partial charge >= 0.3 is 0 Å². The second-order valence-electron chi connectivity index (χ2n) is 13.3. The number of methoxy groups -OCH3 is 1. The van der Waals surface area contributed by atoms with Crippen LogP contribution in [0.15, 0.2) is 48.5 Å². The molecule has 1 aliphatic carbocycles. The lowest BCUT2D eigenvalue weighted by atomic mass is 9.58. The third kappa shape index (κ3) is 5.08. The average molecular weight is 593 g/mol. The monoisotopic (exact) mass is 592 g/mol. The maximum Gasteiger partial charge on any atom is 0.227 e. The Labute approximate surface area is 254 Å². The van der Waals surface area contributed by atoms with E-state index in [1.165, 1.54) is 0 Å². The van der Waals surface area contributed by atoms with Gasteiger partial charge in [0, 0.05) is 44.4 Å². The number of benzene rings is 2. The summed E-state index contributed by atoms with van der Waals surface area (Å²) >= 11 is 0. The van der Waals surface area contributed by atoms with Gasteiger partial charge in [0.05, 0.1) is 19.2 Å². The van der Waals surface area contributed by atoms with Gasteiger partial charge in [0.15, 0.2) is 11.9 Å². The van der Waals surface area contributed by atoms with Crippen molar-refractivity contribution in [2.24, 2.45) is 23.7 Å². The van der Waals surface area contributed by atoms with Crippen LogP contribution in [0.4, 0.5) is 5.69 Å². The van der Waals surface area contributed by atoms with Crippen molar-refractivity contribution in [3.8, 4) is 11.5 Å². The minimum Gasteiger partial charge on any atom is -0.495 e. The molecule has 0 N–H and O–H groups in total. The smallest absolute Gasteiger partial charge is 0.227 e. The first-order chi connectivity index (χ1) is 20.8. The molecule has 0 unspecified atom stereocenters. The second-order valence-corrected chi connectivity index (χ2v) is 13.3. The number of hydrogen-bond acceptors (Lipinski definition) is 8. The molecule has 43 heavy (non-hydrogen) atoms. The molecule has 232 valence electrons. The molecule has 9 heteroatoms. The van der Waals surface area contributed by atoms with Crippen molar-refractivity contribution in [2.45, 2.75) is 76.8 Å². The average Bonchev–Trinajstić information content (AvgIpc) is 3.26. The Balaban J connectivity index is 0.974. The van der Waals surface area contributed by atoms with Crippen LogP contribution in [-0.2, 0) is 30.5 Å². The van der Waals surface area contributed by atoms with Crippen molar-refractivity contribution in [1.29, 1.82) is 0 Å². The number of rotatable bonds is 6. The Bertz CT molecular complexity index is 1310. The van der Waals surface area contributed by atoms with E-state index in [1.54, 1.807) is 7.11 Å². The minimum atomic E-state index is -0.808. The summed E-state index contributed by atoms with van der Waals surface area (Å²) in [7, 11) is 1.69. The lowest BCUT2D eigenvalue weighted by Crippen LogP contribution is -2.70. The SMILES string of the molecule is COc1ccccc1N1CCN(C(=O)Cc2ccc(O[C@H]3O[C@@H]4O[C@@]5(C)CC[C@H]6[C@H](C)CC[C@@H]([C@H]3C)[C@@]46OO5)cc2)CC1. The molecule has 9 nitrogen and oxygen atoms in total. The first-order valence-electron chi connectivity index (χ1n) is 15.9. The summed E-state index contributed by atoms with van der Waals surface area (Å²) in [4.78, 5) is 29.6. The predicted molar refractivity (Wildman–Crippen MR) is 159 cm³/mol. The summed E-state index contributed by atoms with van der Waals surface area (Å²) in [5.41, 5.74) is 1.44. The fourth-order valence-corrected chi connectivity index (χ4v) is 8.20. The number of amides is 1. The van der Waals surface area contributed by atoms with Gasteiger partial charge in [-0.3, -0.25) is 4.79 Å². The fourth-order valence-electron chi connectivity index (χ4n) is 8.20. The normalized spacial score (nSPS) is 36.9. The maximum absolute atomic E-state index is 13.1. The van der Waals surface area contributed by atoms with Crippen LogP contribution >= 0.6 is 0 Å².